The van der Waals surface area contributed by atoms with Gasteiger partial charge in [0.2, 0.25) is 17.7 Å². The van der Waals surface area contributed by atoms with Crippen molar-refractivity contribution in [1.29, 1.82) is 0 Å². The van der Waals surface area contributed by atoms with Crippen LogP contribution in [-0.2, 0) is 19.2 Å². The summed E-state index contributed by atoms with van der Waals surface area (Å²) in [5.41, 5.74) is 4.34. The first-order valence-electron chi connectivity index (χ1n) is 15.6. The topological polar surface area (TPSA) is 164 Å². The maximum absolute atomic E-state index is 13.5. The van der Waals surface area contributed by atoms with Gasteiger partial charge >= 0.3 is 6.09 Å². The Hall–Kier alpha value is -5.65. The van der Waals surface area contributed by atoms with E-state index >= 15 is 0 Å². The molecule has 12 heteroatoms. The van der Waals surface area contributed by atoms with Gasteiger partial charge in [0.15, 0.2) is 0 Å². The number of fused-ring (bicyclic) bond motifs is 1. The molecule has 242 valence electrons. The molecule has 5 N–H and O–H groups in total. The minimum atomic E-state index is -1.32. The second-order valence-electron chi connectivity index (χ2n) is 11.9. The van der Waals surface area contributed by atoms with Gasteiger partial charge in [-0.15, -0.1) is 0 Å². The maximum atomic E-state index is 13.5. The molecule has 3 atom stereocenters. The number of amides is 5. The molecule has 2 aliphatic heterocycles. The SMILES string of the molecule is CC(=O)N1CCC[C@H]1C(=O)Nc1ccc2[nH]c(-c3ccc(NC(=O)[C@@H]4CCCN4C(=O)C(NC(=O)O)c4ccccc4)cc3)cc2c1. The number of anilines is 2. The van der Waals surface area contributed by atoms with Crippen LogP contribution in [0.5, 0.6) is 0 Å². The number of carbonyl (C=O) groups excluding carboxylic acids is 4. The lowest BCUT2D eigenvalue weighted by Gasteiger charge is -2.28. The average molecular weight is 637 g/mol. The largest absolute Gasteiger partial charge is 0.465 e. The fourth-order valence-corrected chi connectivity index (χ4v) is 6.49. The van der Waals surface area contributed by atoms with E-state index in [2.05, 4.69) is 20.9 Å². The van der Waals surface area contributed by atoms with Gasteiger partial charge in [-0.05, 0) is 73.2 Å². The minimum absolute atomic E-state index is 0.0999. The fourth-order valence-electron chi connectivity index (χ4n) is 6.49. The summed E-state index contributed by atoms with van der Waals surface area (Å²) >= 11 is 0. The predicted octanol–water partition coefficient (Wildman–Crippen LogP) is 4.72. The molecular weight excluding hydrogens is 600 g/mol. The van der Waals surface area contributed by atoms with Gasteiger partial charge < -0.3 is 35.8 Å². The molecule has 1 aromatic heterocycles. The van der Waals surface area contributed by atoms with Crippen molar-refractivity contribution in [3.63, 3.8) is 0 Å². The minimum Gasteiger partial charge on any atom is -0.465 e. The van der Waals surface area contributed by atoms with Crippen LogP contribution in [0.25, 0.3) is 22.2 Å². The molecule has 0 aliphatic carbocycles. The van der Waals surface area contributed by atoms with Gasteiger partial charge in [-0.3, -0.25) is 19.2 Å². The Morgan fingerprint density at radius 1 is 0.787 bits per heavy atom. The van der Waals surface area contributed by atoms with Gasteiger partial charge in [0.05, 0.1) is 0 Å². The number of H-pyrrole nitrogens is 1. The third-order valence-corrected chi connectivity index (χ3v) is 8.80. The van der Waals surface area contributed by atoms with Gasteiger partial charge in [0, 0.05) is 48.0 Å². The van der Waals surface area contributed by atoms with Gasteiger partial charge in [0.1, 0.15) is 18.1 Å². The van der Waals surface area contributed by atoms with E-state index in [-0.39, 0.29) is 17.7 Å². The Bertz CT molecular complexity index is 1820. The number of carboxylic acid groups (broad SMARTS) is 1. The summed E-state index contributed by atoms with van der Waals surface area (Å²) in [4.78, 5) is 69.5. The van der Waals surface area contributed by atoms with Crippen molar-refractivity contribution in [2.45, 2.75) is 50.7 Å². The Morgan fingerprint density at radius 2 is 1.40 bits per heavy atom. The standard InChI is InChI=1S/C35H36N6O6/c1-21(42)40-17-5-9-29(40)32(43)37-26-15-16-27-24(19-26)20-28(38-27)22-11-13-25(14-12-22)36-33(44)30-10-6-18-41(30)34(45)31(39-35(46)47)23-7-3-2-4-8-23/h2-4,7-8,11-16,19-20,29-31,38-39H,5-6,9-10,17-18H2,1H3,(H,36,44)(H,37,43)(H,46,47)/t29-,30-,31?/m0/s1. The van der Waals surface area contributed by atoms with Gasteiger partial charge in [-0.2, -0.15) is 0 Å². The van der Waals surface area contributed by atoms with Crippen LogP contribution in [0.3, 0.4) is 0 Å². The zero-order valence-corrected chi connectivity index (χ0v) is 25.9. The number of carbonyl (C=O) groups is 5. The molecule has 1 unspecified atom stereocenters. The molecule has 0 radical (unpaired) electrons. The molecule has 0 saturated carbocycles. The van der Waals surface area contributed by atoms with Crippen LogP contribution in [-0.4, -0.2) is 74.8 Å². The van der Waals surface area contributed by atoms with Crippen LogP contribution in [0.2, 0.25) is 0 Å². The van der Waals surface area contributed by atoms with Gasteiger partial charge in [-0.1, -0.05) is 42.5 Å². The smallest absolute Gasteiger partial charge is 0.405 e. The van der Waals surface area contributed by atoms with E-state index in [1.54, 1.807) is 47.4 Å². The van der Waals surface area contributed by atoms with E-state index in [1.165, 1.54) is 11.8 Å². The normalized spacial score (nSPS) is 18.1. The van der Waals surface area contributed by atoms with Crippen LogP contribution in [0, 0.1) is 0 Å². The van der Waals surface area contributed by atoms with Crippen molar-refractivity contribution in [2.75, 3.05) is 23.7 Å². The number of rotatable bonds is 8. The molecule has 4 aromatic rings. The van der Waals surface area contributed by atoms with Crippen LogP contribution in [0.4, 0.5) is 16.2 Å². The molecule has 6 rings (SSSR count). The van der Waals surface area contributed by atoms with Crippen molar-refractivity contribution in [3.8, 4) is 11.3 Å². The zero-order chi connectivity index (χ0) is 33.1. The van der Waals surface area contributed by atoms with Crippen molar-refractivity contribution < 1.29 is 29.1 Å². The molecule has 0 bridgehead atoms. The number of aromatic amines is 1. The van der Waals surface area contributed by atoms with Crippen molar-refractivity contribution in [1.82, 2.24) is 20.1 Å². The quantitative estimate of drug-likeness (QED) is 0.188. The molecule has 2 fully saturated rings. The number of benzene rings is 3. The Balaban J connectivity index is 1.11. The van der Waals surface area contributed by atoms with E-state index in [0.29, 0.717) is 49.3 Å². The Morgan fingerprint density at radius 3 is 2.06 bits per heavy atom. The van der Waals surface area contributed by atoms with Gasteiger partial charge in [0.25, 0.3) is 5.91 Å². The average Bonchev–Trinajstić information content (AvgIpc) is 3.84. The molecule has 47 heavy (non-hydrogen) atoms. The van der Waals surface area contributed by atoms with E-state index in [9.17, 15) is 29.1 Å². The first-order valence-corrected chi connectivity index (χ1v) is 15.6. The summed E-state index contributed by atoms with van der Waals surface area (Å²) in [7, 11) is 0. The third-order valence-electron chi connectivity index (χ3n) is 8.80. The monoisotopic (exact) mass is 636 g/mol. The third kappa shape index (κ3) is 6.81. The lowest BCUT2D eigenvalue weighted by Crippen LogP contribution is -2.48. The van der Waals surface area contributed by atoms with Crippen LogP contribution in [0.1, 0.15) is 44.2 Å². The number of nitrogens with zero attached hydrogens (tertiary/aromatic N) is 2. The zero-order valence-electron chi connectivity index (χ0n) is 25.9. The highest BCUT2D eigenvalue weighted by Gasteiger charge is 2.38. The Labute approximate surface area is 271 Å². The summed E-state index contributed by atoms with van der Waals surface area (Å²) in [5.74, 6) is -1.10. The number of hydrogen-bond donors (Lipinski definition) is 5. The first-order chi connectivity index (χ1) is 22.7. The lowest BCUT2D eigenvalue weighted by atomic mass is 10.0. The van der Waals surface area contributed by atoms with E-state index in [4.69, 9.17) is 0 Å². The summed E-state index contributed by atoms with van der Waals surface area (Å²) in [6, 6.07) is 21.2. The number of nitrogens with one attached hydrogen (secondary N) is 4. The summed E-state index contributed by atoms with van der Waals surface area (Å²) in [5, 5.41) is 18.4. The lowest BCUT2D eigenvalue weighted by molar-refractivity contribution is -0.138. The van der Waals surface area contributed by atoms with E-state index in [1.807, 2.05) is 36.4 Å². The van der Waals surface area contributed by atoms with Crippen LogP contribution < -0.4 is 16.0 Å². The van der Waals surface area contributed by atoms with Crippen LogP contribution in [0.15, 0.2) is 78.9 Å². The Kier molecular flexibility index (Phi) is 8.92. The predicted molar refractivity (Wildman–Crippen MR) is 176 cm³/mol. The molecule has 12 nitrogen and oxygen atoms in total. The summed E-state index contributed by atoms with van der Waals surface area (Å²) < 4.78 is 0. The fraction of sp³-hybridized carbons (Fsp3) is 0.286. The number of hydrogen-bond acceptors (Lipinski definition) is 5. The van der Waals surface area contributed by atoms with Crippen molar-refractivity contribution in [2.24, 2.45) is 0 Å². The van der Waals surface area contributed by atoms with Crippen molar-refractivity contribution in [3.05, 3.63) is 84.4 Å². The highest BCUT2D eigenvalue weighted by atomic mass is 16.4. The second kappa shape index (κ2) is 13.4. The molecule has 2 aliphatic rings. The van der Waals surface area contributed by atoms with E-state index < -0.39 is 30.1 Å². The highest BCUT2D eigenvalue weighted by molar-refractivity contribution is 6.00. The highest BCUT2D eigenvalue weighted by Crippen LogP contribution is 2.29. The molecule has 2 saturated heterocycles. The summed E-state index contributed by atoms with van der Waals surface area (Å²) in [6.07, 6.45) is 1.23. The molecule has 5 amide bonds. The molecular formula is C35H36N6O6. The first kappa shape index (κ1) is 31.3. The number of aromatic nitrogens is 1. The molecule has 3 aromatic carbocycles. The van der Waals surface area contributed by atoms with Crippen molar-refractivity contribution >= 4 is 52.0 Å². The maximum Gasteiger partial charge on any atom is 0.405 e. The van der Waals surface area contributed by atoms with E-state index in [0.717, 1.165) is 28.6 Å². The van der Waals surface area contributed by atoms with Gasteiger partial charge in [-0.25, -0.2) is 4.79 Å². The number of likely N-dealkylation sites (tertiary alicyclic amines) is 2. The summed E-state index contributed by atoms with van der Waals surface area (Å²) in [6.45, 7) is 2.43. The van der Waals surface area contributed by atoms with Crippen LogP contribution >= 0.6 is 0 Å². The molecule has 3 heterocycles. The second-order valence-corrected chi connectivity index (χ2v) is 11.9. The molecule has 0 spiro atoms.